The molecule has 1 rings (SSSR count). The van der Waals surface area contributed by atoms with Crippen molar-refractivity contribution in [3.63, 3.8) is 0 Å². The lowest BCUT2D eigenvalue weighted by Crippen LogP contribution is -2.17. The Hall–Kier alpha value is -0.870. The van der Waals surface area contributed by atoms with Crippen molar-refractivity contribution >= 4 is 27.5 Å². The molecule has 0 radical (unpaired) electrons. The van der Waals surface area contributed by atoms with Gasteiger partial charge in [0.05, 0.1) is 0 Å². The summed E-state index contributed by atoms with van der Waals surface area (Å²) < 4.78 is 5.66. The summed E-state index contributed by atoms with van der Waals surface area (Å²) in [5, 5.41) is 2.73. The number of benzene rings is 1. The number of ether oxygens (including phenoxy) is 1. The highest BCUT2D eigenvalue weighted by atomic mass is 79.9. The lowest BCUT2D eigenvalue weighted by molar-refractivity contribution is -0.119. The average Bonchev–Trinajstić information content (AvgIpc) is 2.01. The van der Waals surface area contributed by atoms with Gasteiger partial charge in [0.2, 0.25) is 5.91 Å². The quantitative estimate of drug-likeness (QED) is 0.903. The lowest BCUT2D eigenvalue weighted by Gasteiger charge is -2.05. The molecule has 0 aliphatic heterocycles. The van der Waals surface area contributed by atoms with Crippen molar-refractivity contribution in [2.45, 2.75) is 6.92 Å². The Bertz CT molecular complexity index is 319. The van der Waals surface area contributed by atoms with Crippen molar-refractivity contribution in [3.8, 4) is 0 Å². The second-order valence-electron chi connectivity index (χ2n) is 3.00. The molecule has 4 heteroatoms. The summed E-state index contributed by atoms with van der Waals surface area (Å²) >= 11 is 3.36. The minimum Gasteiger partial charge on any atom is -0.375 e. The summed E-state index contributed by atoms with van der Waals surface area (Å²) in [6.07, 6.45) is 0. The third kappa shape index (κ3) is 3.47. The van der Waals surface area contributed by atoms with E-state index in [2.05, 4.69) is 21.2 Å². The number of carbonyl (C=O) groups excluding carboxylic acids is 1. The van der Waals surface area contributed by atoms with Gasteiger partial charge in [0.15, 0.2) is 0 Å². The summed E-state index contributed by atoms with van der Waals surface area (Å²) in [6, 6.07) is 5.73. The van der Waals surface area contributed by atoms with E-state index in [1.807, 2.05) is 25.1 Å². The minimum atomic E-state index is -0.148. The highest BCUT2D eigenvalue weighted by molar-refractivity contribution is 9.10. The Balaban J connectivity index is 2.71. The molecule has 0 bridgehead atoms. The largest absolute Gasteiger partial charge is 0.375 e. The SMILES string of the molecule is COCC(=O)Nc1cc(C)cc(Br)c1. The molecule has 0 aromatic heterocycles. The van der Waals surface area contributed by atoms with Gasteiger partial charge in [0.25, 0.3) is 0 Å². The maximum atomic E-state index is 11.2. The fraction of sp³-hybridized carbons (Fsp3) is 0.300. The molecule has 0 saturated carbocycles. The number of amides is 1. The Kier molecular flexibility index (Phi) is 4.10. The maximum Gasteiger partial charge on any atom is 0.250 e. The molecule has 1 aromatic rings. The number of nitrogens with one attached hydrogen (secondary N) is 1. The van der Waals surface area contributed by atoms with E-state index in [1.165, 1.54) is 7.11 Å². The first-order valence-corrected chi connectivity index (χ1v) is 4.97. The molecule has 0 spiro atoms. The highest BCUT2D eigenvalue weighted by Gasteiger charge is 2.02. The van der Waals surface area contributed by atoms with Crippen LogP contribution in [0.25, 0.3) is 0 Å². The van der Waals surface area contributed by atoms with Crippen LogP contribution >= 0.6 is 15.9 Å². The molecule has 0 aliphatic rings. The molecule has 1 amide bonds. The average molecular weight is 258 g/mol. The van der Waals surface area contributed by atoms with Gasteiger partial charge < -0.3 is 10.1 Å². The van der Waals surface area contributed by atoms with E-state index in [9.17, 15) is 4.79 Å². The zero-order chi connectivity index (χ0) is 10.6. The molecule has 0 heterocycles. The van der Waals surface area contributed by atoms with Crippen LogP contribution in [-0.4, -0.2) is 19.6 Å². The van der Waals surface area contributed by atoms with E-state index in [1.54, 1.807) is 0 Å². The summed E-state index contributed by atoms with van der Waals surface area (Å²) in [5.41, 5.74) is 1.87. The summed E-state index contributed by atoms with van der Waals surface area (Å²) in [7, 11) is 1.49. The van der Waals surface area contributed by atoms with Crippen molar-refractivity contribution in [2.24, 2.45) is 0 Å². The van der Waals surface area contributed by atoms with Crippen LogP contribution in [0.4, 0.5) is 5.69 Å². The Morgan fingerprint density at radius 2 is 2.21 bits per heavy atom. The van der Waals surface area contributed by atoms with Crippen LogP contribution in [0, 0.1) is 6.92 Å². The second-order valence-corrected chi connectivity index (χ2v) is 3.91. The first-order valence-electron chi connectivity index (χ1n) is 4.18. The van der Waals surface area contributed by atoms with E-state index in [0.717, 1.165) is 15.7 Å². The van der Waals surface area contributed by atoms with Crippen molar-refractivity contribution in [2.75, 3.05) is 19.0 Å². The van der Waals surface area contributed by atoms with Gasteiger partial charge in [-0.2, -0.15) is 0 Å². The first kappa shape index (κ1) is 11.2. The van der Waals surface area contributed by atoms with E-state index in [4.69, 9.17) is 4.74 Å². The summed E-state index contributed by atoms with van der Waals surface area (Å²) in [6.45, 7) is 2.04. The van der Waals surface area contributed by atoms with Crippen molar-refractivity contribution in [3.05, 3.63) is 28.2 Å². The fourth-order valence-electron chi connectivity index (χ4n) is 1.14. The van der Waals surface area contributed by atoms with Gasteiger partial charge in [-0.1, -0.05) is 15.9 Å². The van der Waals surface area contributed by atoms with Crippen molar-refractivity contribution in [1.82, 2.24) is 0 Å². The van der Waals surface area contributed by atoms with Gasteiger partial charge in [0.1, 0.15) is 6.61 Å². The molecule has 76 valence electrons. The van der Waals surface area contributed by atoms with Crippen LogP contribution < -0.4 is 5.32 Å². The number of aryl methyl sites for hydroxylation is 1. The number of anilines is 1. The minimum absolute atomic E-state index is 0.0750. The number of methoxy groups -OCH3 is 1. The first-order chi connectivity index (χ1) is 6.61. The molecular weight excluding hydrogens is 246 g/mol. The molecule has 0 unspecified atom stereocenters. The van der Waals surface area contributed by atoms with E-state index >= 15 is 0 Å². The molecule has 14 heavy (non-hydrogen) atoms. The predicted octanol–water partition coefficient (Wildman–Crippen LogP) is 2.34. The molecular formula is C10H12BrNO2. The standard InChI is InChI=1S/C10H12BrNO2/c1-7-3-8(11)5-9(4-7)12-10(13)6-14-2/h3-5H,6H2,1-2H3,(H,12,13). The van der Waals surface area contributed by atoms with Crippen molar-refractivity contribution in [1.29, 1.82) is 0 Å². The van der Waals surface area contributed by atoms with Gasteiger partial charge in [-0.15, -0.1) is 0 Å². The molecule has 0 saturated heterocycles. The summed E-state index contributed by atoms with van der Waals surface area (Å²) in [4.78, 5) is 11.2. The van der Waals surface area contributed by atoms with Gasteiger partial charge in [0, 0.05) is 17.3 Å². The smallest absolute Gasteiger partial charge is 0.250 e. The highest BCUT2D eigenvalue weighted by Crippen LogP contribution is 2.18. The zero-order valence-corrected chi connectivity index (χ0v) is 9.72. The van der Waals surface area contributed by atoms with Gasteiger partial charge in [-0.25, -0.2) is 0 Å². The van der Waals surface area contributed by atoms with Crippen LogP contribution in [0.1, 0.15) is 5.56 Å². The Morgan fingerprint density at radius 3 is 2.79 bits per heavy atom. The normalized spacial score (nSPS) is 9.93. The van der Waals surface area contributed by atoms with Crippen LogP contribution in [-0.2, 0) is 9.53 Å². The lowest BCUT2D eigenvalue weighted by atomic mass is 10.2. The molecule has 0 aliphatic carbocycles. The summed E-state index contributed by atoms with van der Waals surface area (Å²) in [5.74, 6) is -0.148. The van der Waals surface area contributed by atoms with E-state index < -0.39 is 0 Å². The topological polar surface area (TPSA) is 38.3 Å². The predicted molar refractivity (Wildman–Crippen MR) is 59.4 cm³/mol. The Morgan fingerprint density at radius 1 is 1.50 bits per heavy atom. The van der Waals surface area contributed by atoms with Gasteiger partial charge in [-0.05, 0) is 30.7 Å². The number of hydrogen-bond acceptors (Lipinski definition) is 2. The number of rotatable bonds is 3. The molecule has 0 atom stereocenters. The third-order valence-corrected chi connectivity index (χ3v) is 2.06. The molecule has 3 nitrogen and oxygen atoms in total. The molecule has 0 fully saturated rings. The van der Waals surface area contributed by atoms with E-state index in [-0.39, 0.29) is 12.5 Å². The fourth-order valence-corrected chi connectivity index (χ4v) is 1.74. The molecule has 1 N–H and O–H groups in total. The third-order valence-electron chi connectivity index (χ3n) is 1.60. The van der Waals surface area contributed by atoms with Crippen LogP contribution in [0.15, 0.2) is 22.7 Å². The number of halogens is 1. The Labute approximate surface area is 91.6 Å². The van der Waals surface area contributed by atoms with Gasteiger partial charge in [-0.3, -0.25) is 4.79 Å². The van der Waals surface area contributed by atoms with E-state index in [0.29, 0.717) is 0 Å². The number of hydrogen-bond donors (Lipinski definition) is 1. The second kappa shape index (κ2) is 5.12. The number of carbonyl (C=O) groups is 1. The maximum absolute atomic E-state index is 11.2. The van der Waals surface area contributed by atoms with Gasteiger partial charge >= 0.3 is 0 Å². The van der Waals surface area contributed by atoms with Crippen molar-refractivity contribution < 1.29 is 9.53 Å². The molecule has 1 aromatic carbocycles. The van der Waals surface area contributed by atoms with Crippen LogP contribution in [0.2, 0.25) is 0 Å². The zero-order valence-electron chi connectivity index (χ0n) is 8.13. The van der Waals surface area contributed by atoms with Crippen LogP contribution in [0.5, 0.6) is 0 Å². The monoisotopic (exact) mass is 257 g/mol. The van der Waals surface area contributed by atoms with Crippen LogP contribution in [0.3, 0.4) is 0 Å².